The Morgan fingerprint density at radius 2 is 1.81 bits per heavy atom. The number of amides is 3. The predicted molar refractivity (Wildman–Crippen MR) is 108 cm³/mol. The van der Waals surface area contributed by atoms with Crippen LogP contribution in [-0.4, -0.2) is 17.7 Å². The quantitative estimate of drug-likeness (QED) is 0.571. The topological polar surface area (TPSA) is 66.5 Å². The minimum Gasteiger partial charge on any atom is -0.321 e. The first-order valence-corrected chi connectivity index (χ1v) is 9.80. The number of fused-ring (bicyclic) bond motifs is 1. The highest BCUT2D eigenvalue weighted by atomic mass is 19.4. The maximum absolute atomic E-state index is 13.2. The van der Waals surface area contributed by atoms with Crippen molar-refractivity contribution in [3.63, 3.8) is 0 Å². The summed E-state index contributed by atoms with van der Waals surface area (Å²) >= 11 is 0. The van der Waals surface area contributed by atoms with Gasteiger partial charge < -0.3 is 5.32 Å². The lowest BCUT2D eigenvalue weighted by atomic mass is 9.78. The number of halogens is 3. The van der Waals surface area contributed by atoms with Gasteiger partial charge in [0.25, 0.3) is 5.91 Å². The molecule has 5 nitrogen and oxygen atoms in total. The monoisotopic (exact) mass is 428 g/mol. The summed E-state index contributed by atoms with van der Waals surface area (Å²) < 4.78 is 39.6. The molecule has 4 rings (SSSR count). The normalized spacial score (nSPS) is 23.1. The number of alkyl halides is 3. The molecule has 1 fully saturated rings. The zero-order chi connectivity index (χ0) is 22.3. The predicted octanol–water partition coefficient (Wildman–Crippen LogP) is 4.66. The van der Waals surface area contributed by atoms with E-state index < -0.39 is 29.5 Å². The molecule has 3 amide bonds. The first-order valence-electron chi connectivity index (χ1n) is 9.80. The highest BCUT2D eigenvalue weighted by molar-refractivity contribution is 6.22. The number of allylic oxidation sites excluding steroid dienone is 2. The number of nitrogens with one attached hydrogen (secondary N) is 1. The Morgan fingerprint density at radius 1 is 1.06 bits per heavy atom. The first-order chi connectivity index (χ1) is 14.7. The number of imide groups is 1. The van der Waals surface area contributed by atoms with E-state index in [0.717, 1.165) is 17.0 Å². The van der Waals surface area contributed by atoms with Gasteiger partial charge in [0, 0.05) is 5.56 Å². The van der Waals surface area contributed by atoms with E-state index in [1.165, 1.54) is 36.4 Å². The third-order valence-corrected chi connectivity index (χ3v) is 5.72. The fourth-order valence-electron chi connectivity index (χ4n) is 4.22. The van der Waals surface area contributed by atoms with Gasteiger partial charge >= 0.3 is 6.18 Å². The lowest BCUT2D eigenvalue weighted by Crippen LogP contribution is -2.31. The van der Waals surface area contributed by atoms with Gasteiger partial charge in [-0.3, -0.25) is 19.3 Å². The molecule has 31 heavy (non-hydrogen) atoms. The minimum absolute atomic E-state index is 0.0381. The number of carbonyl (C=O) groups excluding carboxylic acids is 3. The number of anilines is 2. The summed E-state index contributed by atoms with van der Waals surface area (Å²) in [5, 5.41) is 2.27. The lowest BCUT2D eigenvalue weighted by molar-refractivity contribution is -0.137. The number of para-hydroxylation sites is 1. The van der Waals surface area contributed by atoms with Gasteiger partial charge in [-0.2, -0.15) is 13.2 Å². The SMILES string of the molecule is C[C@@H]1C=CC[C@H]2C(=O)N(c3cccc(C(=O)Nc4ccccc4C(F)(F)F)c3)C(=O)[C@H]12. The van der Waals surface area contributed by atoms with Crippen LogP contribution in [0.15, 0.2) is 60.7 Å². The summed E-state index contributed by atoms with van der Waals surface area (Å²) in [6, 6.07) is 10.4. The molecule has 3 atom stereocenters. The average molecular weight is 428 g/mol. The smallest absolute Gasteiger partial charge is 0.321 e. The van der Waals surface area contributed by atoms with E-state index in [0.29, 0.717) is 6.42 Å². The highest BCUT2D eigenvalue weighted by Gasteiger charge is 2.50. The van der Waals surface area contributed by atoms with Crippen molar-refractivity contribution in [3.8, 4) is 0 Å². The molecule has 0 bridgehead atoms. The number of rotatable bonds is 3. The van der Waals surface area contributed by atoms with Crippen molar-refractivity contribution in [2.45, 2.75) is 19.5 Å². The third-order valence-electron chi connectivity index (χ3n) is 5.72. The van der Waals surface area contributed by atoms with Gasteiger partial charge in [0.1, 0.15) is 0 Å². The Labute approximate surface area is 176 Å². The molecular formula is C23H19F3N2O3. The average Bonchev–Trinajstić information content (AvgIpc) is 2.99. The molecule has 2 aromatic rings. The van der Waals surface area contributed by atoms with Crippen LogP contribution in [0, 0.1) is 17.8 Å². The zero-order valence-electron chi connectivity index (χ0n) is 16.5. The Balaban J connectivity index is 1.61. The van der Waals surface area contributed by atoms with E-state index in [9.17, 15) is 27.6 Å². The minimum atomic E-state index is -4.62. The van der Waals surface area contributed by atoms with Crippen LogP contribution in [0.5, 0.6) is 0 Å². The largest absolute Gasteiger partial charge is 0.418 e. The molecule has 0 spiro atoms. The summed E-state index contributed by atoms with van der Waals surface area (Å²) in [6.07, 6.45) is -0.341. The molecule has 2 aliphatic rings. The van der Waals surface area contributed by atoms with E-state index in [4.69, 9.17) is 0 Å². The zero-order valence-corrected chi connectivity index (χ0v) is 16.5. The van der Waals surface area contributed by atoms with Crippen LogP contribution < -0.4 is 10.2 Å². The van der Waals surface area contributed by atoms with Crippen LogP contribution in [0.1, 0.15) is 29.3 Å². The van der Waals surface area contributed by atoms with E-state index in [2.05, 4.69) is 5.32 Å². The van der Waals surface area contributed by atoms with Crippen LogP contribution in [0.2, 0.25) is 0 Å². The van der Waals surface area contributed by atoms with Gasteiger partial charge in [-0.1, -0.05) is 37.3 Å². The second-order valence-corrected chi connectivity index (χ2v) is 7.71. The fraction of sp³-hybridized carbons (Fsp3) is 0.261. The third kappa shape index (κ3) is 3.73. The molecular weight excluding hydrogens is 409 g/mol. The molecule has 0 aromatic heterocycles. The van der Waals surface area contributed by atoms with Crippen molar-refractivity contribution in [3.05, 3.63) is 71.8 Å². The Morgan fingerprint density at radius 3 is 2.52 bits per heavy atom. The summed E-state index contributed by atoms with van der Waals surface area (Å²) in [4.78, 5) is 39.5. The number of carbonyl (C=O) groups is 3. The van der Waals surface area contributed by atoms with E-state index >= 15 is 0 Å². The highest BCUT2D eigenvalue weighted by Crippen LogP contribution is 2.40. The molecule has 160 valence electrons. The van der Waals surface area contributed by atoms with Gasteiger partial charge in [-0.25, -0.2) is 0 Å². The second kappa shape index (κ2) is 7.68. The van der Waals surface area contributed by atoms with Gasteiger partial charge in [0.05, 0.1) is 28.8 Å². The van der Waals surface area contributed by atoms with E-state index in [-0.39, 0.29) is 34.7 Å². The Kier molecular flexibility index (Phi) is 5.16. The molecule has 1 saturated heterocycles. The lowest BCUT2D eigenvalue weighted by Gasteiger charge is -2.22. The van der Waals surface area contributed by atoms with E-state index in [1.54, 1.807) is 0 Å². The standard InChI is InChI=1S/C23H19F3N2O3/c1-13-6-4-9-16-19(13)22(31)28(21(16)30)15-8-5-7-14(12-15)20(29)27-18-11-3-2-10-17(18)23(24,25)26/h2-8,10-13,16,19H,9H2,1H3,(H,27,29)/t13-,16-,19-/m1/s1. The molecule has 8 heteroatoms. The van der Waals surface area contributed by atoms with Crippen LogP contribution in [0.4, 0.5) is 24.5 Å². The number of hydrogen-bond acceptors (Lipinski definition) is 3. The van der Waals surface area contributed by atoms with Crippen molar-refractivity contribution in [2.24, 2.45) is 17.8 Å². The Hall–Kier alpha value is -3.42. The maximum atomic E-state index is 13.2. The van der Waals surface area contributed by atoms with E-state index in [1.807, 2.05) is 19.1 Å². The van der Waals surface area contributed by atoms with Crippen LogP contribution in [0.3, 0.4) is 0 Å². The van der Waals surface area contributed by atoms with Crippen LogP contribution in [0.25, 0.3) is 0 Å². The molecule has 1 N–H and O–H groups in total. The molecule has 0 unspecified atom stereocenters. The fourth-order valence-corrected chi connectivity index (χ4v) is 4.22. The van der Waals surface area contributed by atoms with Gasteiger partial charge in [0.15, 0.2) is 0 Å². The summed E-state index contributed by atoms with van der Waals surface area (Å²) in [5.74, 6) is -2.40. The van der Waals surface area contributed by atoms with Gasteiger partial charge in [-0.15, -0.1) is 0 Å². The van der Waals surface area contributed by atoms with Crippen molar-refractivity contribution < 1.29 is 27.6 Å². The molecule has 1 heterocycles. The second-order valence-electron chi connectivity index (χ2n) is 7.71. The van der Waals surface area contributed by atoms with Gasteiger partial charge in [-0.05, 0) is 42.7 Å². The van der Waals surface area contributed by atoms with Crippen LogP contribution in [-0.2, 0) is 15.8 Å². The molecule has 0 saturated carbocycles. The maximum Gasteiger partial charge on any atom is 0.418 e. The van der Waals surface area contributed by atoms with Crippen molar-refractivity contribution >= 4 is 29.1 Å². The van der Waals surface area contributed by atoms with Crippen molar-refractivity contribution in [1.29, 1.82) is 0 Å². The van der Waals surface area contributed by atoms with Gasteiger partial charge in [0.2, 0.25) is 11.8 Å². The summed E-state index contributed by atoms with van der Waals surface area (Å²) in [7, 11) is 0. The number of benzene rings is 2. The van der Waals surface area contributed by atoms with Crippen molar-refractivity contribution in [2.75, 3.05) is 10.2 Å². The van der Waals surface area contributed by atoms with Crippen molar-refractivity contribution in [1.82, 2.24) is 0 Å². The van der Waals surface area contributed by atoms with Crippen LogP contribution >= 0.6 is 0 Å². The molecule has 1 aliphatic heterocycles. The molecule has 0 radical (unpaired) electrons. The molecule has 1 aliphatic carbocycles. The summed E-state index contributed by atoms with van der Waals surface area (Å²) in [5.41, 5.74) is -1.07. The summed E-state index contributed by atoms with van der Waals surface area (Å²) in [6.45, 7) is 1.88. The Bertz CT molecular complexity index is 1090. The first kappa shape index (κ1) is 20.8. The number of nitrogens with zero attached hydrogens (tertiary/aromatic N) is 1. The molecule has 2 aromatic carbocycles. The number of hydrogen-bond donors (Lipinski definition) is 1.